The Balaban J connectivity index is 1.19. The number of aromatic hydroxyl groups is 1. The van der Waals surface area contributed by atoms with Gasteiger partial charge in [0.05, 0.1) is 30.9 Å². The van der Waals surface area contributed by atoms with Gasteiger partial charge in [0.1, 0.15) is 84.7 Å². The van der Waals surface area contributed by atoms with E-state index in [2.05, 4.69) is 0 Å². The standard InChI is InChI=1S/C33H40O19/c1-10-5-12-19(24(41)18-11(20(12)37)3-2-4-13(18)36)14(6-10)48-32-27(44)26(43)22(39)17(51-32)9-47-31-29(46)30(23(40)16(8-35)49-31)52-33-28(45)25(42)21(38)15(7-34)50-33/h2-6,15-17,21-23,25-36,38-40,42-46H,7-9H2,1H3/t15-,16-,17-,21+,22+,23+,25-,26-,27-,28-,29-,30+,31+,32+,33+/m1/s1. The van der Waals surface area contributed by atoms with Gasteiger partial charge in [-0.25, -0.2) is 0 Å². The monoisotopic (exact) mass is 740 g/mol. The van der Waals surface area contributed by atoms with E-state index in [1.807, 2.05) is 0 Å². The lowest BCUT2D eigenvalue weighted by Gasteiger charge is -2.46. The molecule has 0 bridgehead atoms. The average molecular weight is 741 g/mol. The third kappa shape index (κ3) is 6.83. The van der Waals surface area contributed by atoms with Gasteiger partial charge in [0, 0.05) is 11.1 Å². The van der Waals surface area contributed by atoms with Crippen molar-refractivity contribution in [2.45, 2.75) is 99.0 Å². The highest BCUT2D eigenvalue weighted by molar-refractivity contribution is 6.30. The van der Waals surface area contributed by atoms with Gasteiger partial charge in [-0.1, -0.05) is 12.1 Å². The third-order valence-corrected chi connectivity index (χ3v) is 9.53. The van der Waals surface area contributed by atoms with E-state index in [1.54, 1.807) is 6.92 Å². The Morgan fingerprint density at radius 2 is 1.23 bits per heavy atom. The number of aliphatic hydroxyl groups excluding tert-OH is 10. The predicted molar refractivity (Wildman–Crippen MR) is 166 cm³/mol. The summed E-state index contributed by atoms with van der Waals surface area (Å²) in [5.41, 5.74) is -0.108. The average Bonchev–Trinajstić information content (AvgIpc) is 3.12. The molecule has 11 N–H and O–H groups in total. The first-order chi connectivity index (χ1) is 24.7. The van der Waals surface area contributed by atoms with Gasteiger partial charge < -0.3 is 84.6 Å². The lowest BCUT2D eigenvalue weighted by molar-refractivity contribution is -0.364. The van der Waals surface area contributed by atoms with Gasteiger partial charge in [0.25, 0.3) is 0 Å². The van der Waals surface area contributed by atoms with Crippen LogP contribution >= 0.6 is 0 Å². The molecule has 0 unspecified atom stereocenters. The van der Waals surface area contributed by atoms with Crippen LogP contribution in [0.5, 0.6) is 11.5 Å². The van der Waals surface area contributed by atoms with E-state index >= 15 is 0 Å². The number of fused-ring (bicyclic) bond motifs is 2. The number of hydrogen-bond donors (Lipinski definition) is 11. The summed E-state index contributed by atoms with van der Waals surface area (Å²) in [5, 5.41) is 114. The van der Waals surface area contributed by atoms with Crippen LogP contribution in [0.1, 0.15) is 37.4 Å². The summed E-state index contributed by atoms with van der Waals surface area (Å²) < 4.78 is 33.5. The summed E-state index contributed by atoms with van der Waals surface area (Å²) >= 11 is 0. The zero-order valence-corrected chi connectivity index (χ0v) is 27.4. The van der Waals surface area contributed by atoms with E-state index in [0.29, 0.717) is 5.56 Å². The number of carbonyl (C=O) groups excluding carboxylic acids is 2. The first-order valence-corrected chi connectivity index (χ1v) is 16.3. The second kappa shape index (κ2) is 15.3. The molecule has 0 radical (unpaired) electrons. The van der Waals surface area contributed by atoms with Gasteiger partial charge in [0.15, 0.2) is 18.4 Å². The normalized spacial score (nSPS) is 39.2. The summed E-state index contributed by atoms with van der Waals surface area (Å²) in [5.74, 6) is -2.02. The van der Waals surface area contributed by atoms with E-state index < -0.39 is 129 Å². The Morgan fingerprint density at radius 1 is 0.635 bits per heavy atom. The molecule has 0 aromatic heterocycles. The van der Waals surface area contributed by atoms with E-state index in [1.165, 1.54) is 30.3 Å². The molecular formula is C33H40O19. The molecule has 2 aromatic carbocycles. The number of phenolic OH excluding ortho intramolecular Hbond substituents is 1. The molecule has 6 rings (SSSR count). The Kier molecular flexibility index (Phi) is 11.3. The van der Waals surface area contributed by atoms with Crippen molar-refractivity contribution in [2.75, 3.05) is 19.8 Å². The van der Waals surface area contributed by atoms with Crippen molar-refractivity contribution in [3.05, 3.63) is 58.1 Å². The van der Waals surface area contributed by atoms with Crippen LogP contribution in [-0.4, -0.2) is 180 Å². The fourth-order valence-corrected chi connectivity index (χ4v) is 6.65. The van der Waals surface area contributed by atoms with Crippen LogP contribution in [0, 0.1) is 6.92 Å². The lowest BCUT2D eigenvalue weighted by Crippen LogP contribution is -2.65. The van der Waals surface area contributed by atoms with E-state index in [4.69, 9.17) is 28.4 Å². The van der Waals surface area contributed by atoms with Gasteiger partial charge in [-0.15, -0.1) is 0 Å². The molecule has 3 fully saturated rings. The minimum absolute atomic E-state index is 0.0253. The number of aliphatic hydroxyl groups is 10. The number of phenols is 1. The molecule has 3 aliphatic heterocycles. The lowest BCUT2D eigenvalue weighted by atomic mass is 9.82. The van der Waals surface area contributed by atoms with Crippen LogP contribution in [0.3, 0.4) is 0 Å². The van der Waals surface area contributed by atoms with Gasteiger partial charge >= 0.3 is 0 Å². The predicted octanol–water partition coefficient (Wildman–Crippen LogP) is -4.70. The number of rotatable bonds is 9. The molecular weight excluding hydrogens is 700 g/mol. The highest BCUT2D eigenvalue weighted by atomic mass is 16.7. The van der Waals surface area contributed by atoms with Crippen LogP contribution in [0.15, 0.2) is 30.3 Å². The van der Waals surface area contributed by atoms with Gasteiger partial charge in [-0.05, 0) is 30.7 Å². The van der Waals surface area contributed by atoms with Crippen LogP contribution in [-0.2, 0) is 23.7 Å². The molecule has 3 heterocycles. The minimum atomic E-state index is -1.93. The first kappa shape index (κ1) is 38.5. The van der Waals surface area contributed by atoms with Crippen LogP contribution in [0.25, 0.3) is 0 Å². The molecule has 0 spiro atoms. The molecule has 1 aliphatic carbocycles. The number of ether oxygens (including phenoxy) is 6. The molecule has 3 saturated heterocycles. The number of benzene rings is 2. The Labute approximate surface area is 294 Å². The molecule has 0 amide bonds. The summed E-state index contributed by atoms with van der Waals surface area (Å²) in [4.78, 5) is 26.9. The Morgan fingerprint density at radius 3 is 1.90 bits per heavy atom. The van der Waals surface area contributed by atoms with Crippen molar-refractivity contribution in [1.29, 1.82) is 0 Å². The van der Waals surface area contributed by atoms with Gasteiger partial charge in [-0.2, -0.15) is 0 Å². The number of aryl methyl sites for hydroxylation is 1. The minimum Gasteiger partial charge on any atom is -0.507 e. The summed E-state index contributed by atoms with van der Waals surface area (Å²) in [6, 6.07) is 6.85. The number of hydrogen-bond acceptors (Lipinski definition) is 19. The molecule has 15 atom stereocenters. The second-order valence-corrected chi connectivity index (χ2v) is 13.0. The zero-order valence-electron chi connectivity index (χ0n) is 27.4. The molecule has 2 aromatic rings. The van der Waals surface area contributed by atoms with Crippen LogP contribution in [0.2, 0.25) is 0 Å². The second-order valence-electron chi connectivity index (χ2n) is 13.0. The number of ketones is 2. The maximum Gasteiger partial charge on any atom is 0.229 e. The summed E-state index contributed by atoms with van der Waals surface area (Å²) in [6.07, 6.45) is -26.3. The highest BCUT2D eigenvalue weighted by Crippen LogP contribution is 2.39. The largest absolute Gasteiger partial charge is 0.507 e. The molecule has 19 nitrogen and oxygen atoms in total. The summed E-state index contributed by atoms with van der Waals surface area (Å²) in [7, 11) is 0. The Hall–Kier alpha value is -3.22. The third-order valence-electron chi connectivity index (χ3n) is 9.53. The molecule has 52 heavy (non-hydrogen) atoms. The van der Waals surface area contributed by atoms with E-state index in [9.17, 15) is 65.8 Å². The molecule has 4 aliphatic rings. The molecule has 19 heteroatoms. The number of carbonyl (C=O) groups is 2. The van der Waals surface area contributed by atoms with Crippen molar-refractivity contribution in [2.24, 2.45) is 0 Å². The van der Waals surface area contributed by atoms with Crippen LogP contribution < -0.4 is 4.74 Å². The van der Waals surface area contributed by atoms with E-state index in [0.717, 1.165) is 0 Å². The van der Waals surface area contributed by atoms with Crippen molar-refractivity contribution in [1.82, 2.24) is 0 Å². The van der Waals surface area contributed by atoms with Crippen molar-refractivity contribution in [3.63, 3.8) is 0 Å². The van der Waals surface area contributed by atoms with Gasteiger partial charge in [-0.3, -0.25) is 9.59 Å². The molecule has 0 saturated carbocycles. The van der Waals surface area contributed by atoms with E-state index in [-0.39, 0.29) is 28.0 Å². The fraction of sp³-hybridized carbons (Fsp3) is 0.576. The Bertz CT molecular complexity index is 1630. The maximum atomic E-state index is 13.6. The fourth-order valence-electron chi connectivity index (χ4n) is 6.65. The quantitative estimate of drug-likeness (QED) is 0.0982. The highest BCUT2D eigenvalue weighted by Gasteiger charge is 2.52. The van der Waals surface area contributed by atoms with Gasteiger partial charge in [0.2, 0.25) is 12.1 Å². The SMILES string of the molecule is Cc1cc(O[C@H]2O[C@H](CO[C@H]3O[C@H](CO)[C@H](O)[C@H](O[C@@H]4O[C@H](CO)[C@H](O)[C@@H](O)[C@H]4O)[C@H]3O)[C@H](O)[C@@H](O)[C@H]2O)c2c(c1)C(=O)c1cccc(O)c1C2=O. The van der Waals surface area contributed by atoms with Crippen molar-refractivity contribution in [3.8, 4) is 11.5 Å². The summed E-state index contributed by atoms with van der Waals surface area (Å²) in [6.45, 7) is -0.729. The van der Waals surface area contributed by atoms with Crippen LogP contribution in [0.4, 0.5) is 0 Å². The van der Waals surface area contributed by atoms with Crippen molar-refractivity contribution < 1.29 is 94.2 Å². The maximum absolute atomic E-state index is 13.6. The smallest absolute Gasteiger partial charge is 0.229 e. The van der Waals surface area contributed by atoms with Crippen molar-refractivity contribution >= 4 is 11.6 Å². The molecule has 286 valence electrons. The topological polar surface area (TPSA) is 312 Å². The first-order valence-electron chi connectivity index (χ1n) is 16.3. The zero-order chi connectivity index (χ0) is 37.8.